The predicted molar refractivity (Wildman–Crippen MR) is 148 cm³/mol. The van der Waals surface area contributed by atoms with Crippen LogP contribution in [0.25, 0.3) is 10.9 Å². The lowest BCUT2D eigenvalue weighted by Crippen LogP contribution is -2.57. The first-order chi connectivity index (χ1) is 18.4. The van der Waals surface area contributed by atoms with E-state index in [-0.39, 0.29) is 24.0 Å². The van der Waals surface area contributed by atoms with Crippen LogP contribution < -0.4 is 21.3 Å². The number of anilines is 2. The van der Waals surface area contributed by atoms with Gasteiger partial charge in [0.2, 0.25) is 0 Å². The van der Waals surface area contributed by atoms with Gasteiger partial charge in [0.05, 0.1) is 5.52 Å². The highest BCUT2D eigenvalue weighted by Gasteiger charge is 2.34. The van der Waals surface area contributed by atoms with E-state index < -0.39 is 6.04 Å². The molecule has 11 heteroatoms. The number of aromatic nitrogens is 1. The molecule has 38 heavy (non-hydrogen) atoms. The number of hydrogen-bond acceptors (Lipinski definition) is 6. The fourth-order valence-electron chi connectivity index (χ4n) is 5.73. The van der Waals surface area contributed by atoms with E-state index in [4.69, 9.17) is 17.3 Å². The normalized spacial score (nSPS) is 21.3. The van der Waals surface area contributed by atoms with Crippen LogP contribution in [-0.2, 0) is 4.79 Å². The van der Waals surface area contributed by atoms with Crippen molar-refractivity contribution in [1.82, 2.24) is 25.4 Å². The van der Waals surface area contributed by atoms with Crippen LogP contribution in [0.5, 0.6) is 0 Å². The number of pyridine rings is 1. The summed E-state index contributed by atoms with van der Waals surface area (Å²) >= 11 is 6.14. The third-order valence-corrected chi connectivity index (χ3v) is 8.08. The molecule has 0 bridgehead atoms. The molecule has 0 radical (unpaired) electrons. The van der Waals surface area contributed by atoms with Gasteiger partial charge in [-0.1, -0.05) is 30.9 Å². The smallest absolute Gasteiger partial charge is 0.324 e. The molecular formula is C27H36ClN7O3. The number of halogens is 1. The highest BCUT2D eigenvalue weighted by atomic mass is 35.5. The summed E-state index contributed by atoms with van der Waals surface area (Å²) in [6, 6.07) is 6.23. The highest BCUT2D eigenvalue weighted by Crippen LogP contribution is 2.30. The van der Waals surface area contributed by atoms with Gasteiger partial charge in [-0.15, -0.1) is 0 Å². The van der Waals surface area contributed by atoms with Crippen molar-refractivity contribution in [2.24, 2.45) is 0 Å². The minimum Gasteiger partial charge on any atom is -0.384 e. The van der Waals surface area contributed by atoms with Gasteiger partial charge in [-0.2, -0.15) is 0 Å². The van der Waals surface area contributed by atoms with Crippen molar-refractivity contribution in [1.29, 1.82) is 0 Å². The molecule has 3 aliphatic rings. The molecule has 3 fully saturated rings. The summed E-state index contributed by atoms with van der Waals surface area (Å²) < 4.78 is 0. The standard InChI is InChI=1S/C27H36ClN7O3/c28-18-9-10-20-22(16-18)31-24(29)17-23(20)33-12-14-34(15-13-33)26(37)32-21-8-4-5-11-35(25(21)36)27(38)30-19-6-2-1-3-7-19/h9-10,16-17,19,21H,1-8,11-15H2,(H2,29,31)(H,30,38)(H,32,37). The maximum atomic E-state index is 13.3. The molecule has 1 aliphatic carbocycles. The second-order valence-electron chi connectivity index (χ2n) is 10.5. The Morgan fingerprint density at radius 1 is 0.895 bits per heavy atom. The second-order valence-corrected chi connectivity index (χ2v) is 10.9. The molecule has 2 saturated heterocycles. The molecule has 10 nitrogen and oxygen atoms in total. The summed E-state index contributed by atoms with van der Waals surface area (Å²) in [6.07, 6.45) is 7.35. The van der Waals surface area contributed by atoms with Crippen LogP contribution in [0.3, 0.4) is 0 Å². The fourth-order valence-corrected chi connectivity index (χ4v) is 5.90. The summed E-state index contributed by atoms with van der Waals surface area (Å²) in [5, 5.41) is 7.51. The average Bonchev–Trinajstić information content (AvgIpc) is 3.09. The van der Waals surface area contributed by atoms with Crippen LogP contribution in [0.1, 0.15) is 51.4 Å². The Morgan fingerprint density at radius 2 is 1.63 bits per heavy atom. The minimum absolute atomic E-state index is 0.126. The minimum atomic E-state index is -0.700. The lowest BCUT2D eigenvalue weighted by molar-refractivity contribution is -0.129. The number of piperazine rings is 1. The Hall–Kier alpha value is -3.27. The van der Waals surface area contributed by atoms with Crippen LogP contribution >= 0.6 is 11.6 Å². The van der Waals surface area contributed by atoms with Crippen molar-refractivity contribution in [3.05, 3.63) is 29.3 Å². The molecule has 4 N–H and O–H groups in total. The van der Waals surface area contributed by atoms with Crippen molar-refractivity contribution in [3.63, 3.8) is 0 Å². The largest absolute Gasteiger partial charge is 0.384 e. The molecule has 1 atom stereocenters. The van der Waals surface area contributed by atoms with Crippen LogP contribution in [0, 0.1) is 0 Å². The van der Waals surface area contributed by atoms with Gasteiger partial charge in [0, 0.05) is 60.9 Å². The predicted octanol–water partition coefficient (Wildman–Crippen LogP) is 3.73. The zero-order valence-electron chi connectivity index (χ0n) is 21.6. The number of fused-ring (bicyclic) bond motifs is 1. The molecule has 204 valence electrons. The van der Waals surface area contributed by atoms with Crippen molar-refractivity contribution >= 4 is 52.0 Å². The first kappa shape index (κ1) is 26.3. The average molecular weight is 542 g/mol. The maximum absolute atomic E-state index is 13.3. The Morgan fingerprint density at radius 3 is 2.39 bits per heavy atom. The monoisotopic (exact) mass is 541 g/mol. The molecule has 1 saturated carbocycles. The Balaban J connectivity index is 1.19. The van der Waals surface area contributed by atoms with Gasteiger partial charge in [0.15, 0.2) is 0 Å². The zero-order valence-corrected chi connectivity index (χ0v) is 22.4. The van der Waals surface area contributed by atoms with E-state index in [1.165, 1.54) is 11.3 Å². The van der Waals surface area contributed by atoms with E-state index in [2.05, 4.69) is 20.5 Å². The summed E-state index contributed by atoms with van der Waals surface area (Å²) in [5.74, 6) is 0.0964. The van der Waals surface area contributed by atoms with Gasteiger partial charge < -0.3 is 26.2 Å². The third-order valence-electron chi connectivity index (χ3n) is 7.84. The fraction of sp³-hybridized carbons (Fsp3) is 0.556. The summed E-state index contributed by atoms with van der Waals surface area (Å²) in [6.45, 7) is 2.61. The SMILES string of the molecule is Nc1cc(N2CCN(C(=O)NC3CCCCN(C(=O)NC4CCCCC4)C3=O)CC2)c2ccc(Cl)cc2n1. The number of nitrogen functional groups attached to an aromatic ring is 1. The molecule has 5 rings (SSSR count). The molecular weight excluding hydrogens is 506 g/mol. The molecule has 1 aromatic carbocycles. The van der Waals surface area contributed by atoms with Crippen LogP contribution in [-0.4, -0.2) is 77.6 Å². The quantitative estimate of drug-likeness (QED) is 0.544. The van der Waals surface area contributed by atoms with Crippen molar-refractivity contribution in [2.45, 2.75) is 63.5 Å². The number of nitrogens with one attached hydrogen (secondary N) is 2. The van der Waals surface area contributed by atoms with E-state index in [9.17, 15) is 14.4 Å². The molecule has 1 unspecified atom stereocenters. The number of benzene rings is 1. The van der Waals surface area contributed by atoms with Crippen LogP contribution in [0.15, 0.2) is 24.3 Å². The molecule has 0 spiro atoms. The maximum Gasteiger partial charge on any atom is 0.324 e. The van der Waals surface area contributed by atoms with Gasteiger partial charge in [0.1, 0.15) is 11.9 Å². The third kappa shape index (κ3) is 5.90. The molecule has 2 aromatic rings. The first-order valence-electron chi connectivity index (χ1n) is 13.7. The molecule has 2 aliphatic heterocycles. The van der Waals surface area contributed by atoms with Gasteiger partial charge >= 0.3 is 12.1 Å². The summed E-state index contributed by atoms with van der Waals surface area (Å²) in [7, 11) is 0. The lowest BCUT2D eigenvalue weighted by atomic mass is 9.96. The van der Waals surface area contributed by atoms with Crippen molar-refractivity contribution in [2.75, 3.05) is 43.4 Å². The van der Waals surface area contributed by atoms with E-state index >= 15 is 0 Å². The number of rotatable bonds is 3. The van der Waals surface area contributed by atoms with Gasteiger partial charge in [-0.3, -0.25) is 9.69 Å². The summed E-state index contributed by atoms with van der Waals surface area (Å²) in [4.78, 5) is 48.9. The van der Waals surface area contributed by atoms with Crippen molar-refractivity contribution < 1.29 is 14.4 Å². The second kappa shape index (κ2) is 11.6. The van der Waals surface area contributed by atoms with E-state index in [0.717, 1.165) is 55.1 Å². The number of imide groups is 1. The van der Waals surface area contributed by atoms with Gasteiger partial charge in [0.25, 0.3) is 5.91 Å². The van der Waals surface area contributed by atoms with E-state index in [1.54, 1.807) is 11.0 Å². The van der Waals surface area contributed by atoms with E-state index in [0.29, 0.717) is 50.0 Å². The Labute approximate surface area is 227 Å². The van der Waals surface area contributed by atoms with Crippen molar-refractivity contribution in [3.8, 4) is 0 Å². The Bertz CT molecular complexity index is 1190. The number of amides is 5. The molecule has 1 aromatic heterocycles. The number of hydrogen-bond donors (Lipinski definition) is 3. The van der Waals surface area contributed by atoms with E-state index in [1.807, 2.05) is 18.2 Å². The number of carbonyl (C=O) groups is 3. The number of nitrogens with zero attached hydrogens (tertiary/aromatic N) is 4. The number of likely N-dealkylation sites (tertiary alicyclic amines) is 1. The highest BCUT2D eigenvalue weighted by molar-refractivity contribution is 6.31. The number of urea groups is 2. The lowest BCUT2D eigenvalue weighted by Gasteiger charge is -2.37. The number of nitrogens with two attached hydrogens (primary N) is 1. The topological polar surface area (TPSA) is 124 Å². The number of carbonyl (C=O) groups excluding carboxylic acids is 3. The van der Waals surface area contributed by atoms with Gasteiger partial charge in [-0.25, -0.2) is 14.6 Å². The van der Waals surface area contributed by atoms with Gasteiger partial charge in [-0.05, 0) is 50.3 Å². The first-order valence-corrected chi connectivity index (χ1v) is 14.0. The molecule has 3 heterocycles. The molecule has 5 amide bonds. The Kier molecular flexibility index (Phi) is 8.06. The zero-order chi connectivity index (χ0) is 26.6. The van der Waals surface area contributed by atoms with Crippen LogP contribution in [0.4, 0.5) is 21.1 Å². The van der Waals surface area contributed by atoms with Crippen LogP contribution in [0.2, 0.25) is 5.02 Å². The summed E-state index contributed by atoms with van der Waals surface area (Å²) in [5.41, 5.74) is 7.75.